The van der Waals surface area contributed by atoms with Crippen LogP contribution in [0.1, 0.15) is 24.3 Å². The van der Waals surface area contributed by atoms with Gasteiger partial charge in [0.25, 0.3) is 0 Å². The van der Waals surface area contributed by atoms with Crippen molar-refractivity contribution < 1.29 is 9.50 Å². The molecule has 1 atom stereocenters. The van der Waals surface area contributed by atoms with Gasteiger partial charge in [-0.1, -0.05) is 18.2 Å². The van der Waals surface area contributed by atoms with Crippen LogP contribution in [0.25, 0.3) is 0 Å². The Morgan fingerprint density at radius 1 is 1.37 bits per heavy atom. The lowest BCUT2D eigenvalue weighted by molar-refractivity contribution is 0.169. The van der Waals surface area contributed by atoms with E-state index in [1.807, 2.05) is 17.7 Å². The number of rotatable bonds is 6. The van der Waals surface area contributed by atoms with Gasteiger partial charge in [-0.3, -0.25) is 4.68 Å². The standard InChI is InChI=1S/C14H18FN3O/c1-2-18-11(7-8-17-18)9-16-10-14(19)12-5-3-4-6-13(12)15/h3-8,14,16,19H,2,9-10H2,1H3. The number of aromatic nitrogens is 2. The van der Waals surface area contributed by atoms with Crippen LogP contribution in [0.4, 0.5) is 4.39 Å². The summed E-state index contributed by atoms with van der Waals surface area (Å²) in [5.74, 6) is -0.379. The van der Waals surface area contributed by atoms with Gasteiger partial charge >= 0.3 is 0 Å². The first kappa shape index (κ1) is 13.7. The van der Waals surface area contributed by atoms with E-state index in [1.165, 1.54) is 6.07 Å². The zero-order valence-corrected chi connectivity index (χ0v) is 10.9. The number of aliphatic hydroxyl groups is 1. The molecule has 2 rings (SSSR count). The van der Waals surface area contributed by atoms with Gasteiger partial charge in [-0.15, -0.1) is 0 Å². The van der Waals surface area contributed by atoms with Crippen molar-refractivity contribution in [2.24, 2.45) is 0 Å². The Morgan fingerprint density at radius 2 is 2.16 bits per heavy atom. The smallest absolute Gasteiger partial charge is 0.129 e. The van der Waals surface area contributed by atoms with Gasteiger partial charge in [-0.05, 0) is 19.1 Å². The molecule has 19 heavy (non-hydrogen) atoms. The fraction of sp³-hybridized carbons (Fsp3) is 0.357. The highest BCUT2D eigenvalue weighted by Crippen LogP contribution is 2.15. The number of benzene rings is 1. The summed E-state index contributed by atoms with van der Waals surface area (Å²) in [4.78, 5) is 0. The fourth-order valence-electron chi connectivity index (χ4n) is 1.99. The normalized spacial score (nSPS) is 12.6. The second-order valence-electron chi connectivity index (χ2n) is 4.31. The van der Waals surface area contributed by atoms with Crippen LogP contribution in [0, 0.1) is 5.82 Å². The second kappa shape index (κ2) is 6.45. The SMILES string of the molecule is CCn1nccc1CNCC(O)c1ccccc1F. The van der Waals surface area contributed by atoms with Crippen molar-refractivity contribution in [2.45, 2.75) is 26.1 Å². The summed E-state index contributed by atoms with van der Waals surface area (Å²) < 4.78 is 15.3. The Morgan fingerprint density at radius 3 is 2.89 bits per heavy atom. The Kier molecular flexibility index (Phi) is 4.65. The zero-order valence-electron chi connectivity index (χ0n) is 10.9. The predicted octanol–water partition coefficient (Wildman–Crippen LogP) is 1.87. The minimum atomic E-state index is -0.848. The second-order valence-corrected chi connectivity index (χ2v) is 4.31. The molecule has 2 aromatic rings. The summed E-state index contributed by atoms with van der Waals surface area (Å²) in [6.45, 7) is 3.72. The van der Waals surface area contributed by atoms with Crippen molar-refractivity contribution in [1.82, 2.24) is 15.1 Å². The van der Waals surface area contributed by atoms with Crippen LogP contribution in [0.3, 0.4) is 0 Å². The first-order valence-corrected chi connectivity index (χ1v) is 6.36. The van der Waals surface area contributed by atoms with E-state index in [1.54, 1.807) is 24.4 Å². The van der Waals surface area contributed by atoms with Gasteiger partial charge < -0.3 is 10.4 Å². The van der Waals surface area contributed by atoms with Gasteiger partial charge in [0, 0.05) is 31.4 Å². The molecule has 0 saturated carbocycles. The van der Waals surface area contributed by atoms with Gasteiger partial charge in [0.15, 0.2) is 0 Å². The number of hydrogen-bond donors (Lipinski definition) is 2. The maximum absolute atomic E-state index is 13.5. The highest BCUT2D eigenvalue weighted by atomic mass is 19.1. The van der Waals surface area contributed by atoms with E-state index >= 15 is 0 Å². The lowest BCUT2D eigenvalue weighted by Gasteiger charge is -2.13. The van der Waals surface area contributed by atoms with Gasteiger partial charge in [-0.25, -0.2) is 4.39 Å². The number of nitrogens with zero attached hydrogens (tertiary/aromatic N) is 2. The van der Waals surface area contributed by atoms with Crippen LogP contribution in [-0.2, 0) is 13.1 Å². The van der Waals surface area contributed by atoms with Crippen molar-refractivity contribution in [3.8, 4) is 0 Å². The predicted molar refractivity (Wildman–Crippen MR) is 71.0 cm³/mol. The number of hydrogen-bond acceptors (Lipinski definition) is 3. The molecule has 1 heterocycles. The van der Waals surface area contributed by atoms with Crippen LogP contribution in [0.5, 0.6) is 0 Å². The minimum absolute atomic E-state index is 0.301. The van der Waals surface area contributed by atoms with Crippen molar-refractivity contribution >= 4 is 0 Å². The Bertz CT molecular complexity index is 527. The molecule has 1 aromatic carbocycles. The lowest BCUT2D eigenvalue weighted by Crippen LogP contribution is -2.23. The summed E-state index contributed by atoms with van der Waals surface area (Å²) in [5, 5.41) is 17.2. The Hall–Kier alpha value is -1.72. The van der Waals surface area contributed by atoms with E-state index in [2.05, 4.69) is 10.4 Å². The first-order chi connectivity index (χ1) is 9.22. The molecule has 0 aliphatic heterocycles. The molecule has 0 aliphatic rings. The molecule has 0 amide bonds. The quantitative estimate of drug-likeness (QED) is 0.836. The van der Waals surface area contributed by atoms with Crippen LogP contribution in [0.15, 0.2) is 36.5 Å². The number of nitrogens with one attached hydrogen (secondary N) is 1. The van der Waals surface area contributed by atoms with Crippen molar-refractivity contribution in [1.29, 1.82) is 0 Å². The fourth-order valence-corrected chi connectivity index (χ4v) is 1.99. The minimum Gasteiger partial charge on any atom is -0.387 e. The van der Waals surface area contributed by atoms with Crippen LogP contribution in [0.2, 0.25) is 0 Å². The summed E-state index contributed by atoms with van der Waals surface area (Å²) >= 11 is 0. The number of aryl methyl sites for hydroxylation is 1. The highest BCUT2D eigenvalue weighted by molar-refractivity contribution is 5.20. The monoisotopic (exact) mass is 263 g/mol. The number of halogens is 1. The molecule has 4 nitrogen and oxygen atoms in total. The molecule has 0 bridgehead atoms. The molecule has 2 N–H and O–H groups in total. The molecule has 0 spiro atoms. The topological polar surface area (TPSA) is 50.1 Å². The van der Waals surface area contributed by atoms with E-state index in [0.717, 1.165) is 12.2 Å². The van der Waals surface area contributed by atoms with E-state index in [4.69, 9.17) is 0 Å². The third kappa shape index (κ3) is 3.39. The van der Waals surface area contributed by atoms with E-state index < -0.39 is 6.10 Å². The first-order valence-electron chi connectivity index (χ1n) is 6.36. The van der Waals surface area contributed by atoms with Crippen molar-refractivity contribution in [3.63, 3.8) is 0 Å². The molecule has 102 valence electrons. The van der Waals surface area contributed by atoms with Crippen LogP contribution >= 0.6 is 0 Å². The highest BCUT2D eigenvalue weighted by Gasteiger charge is 2.11. The molecule has 0 saturated heterocycles. The van der Waals surface area contributed by atoms with Crippen LogP contribution < -0.4 is 5.32 Å². The molecule has 0 radical (unpaired) electrons. The maximum atomic E-state index is 13.5. The van der Waals surface area contributed by atoms with E-state index in [9.17, 15) is 9.50 Å². The summed E-state index contributed by atoms with van der Waals surface area (Å²) in [7, 11) is 0. The molecule has 1 unspecified atom stereocenters. The number of aliphatic hydroxyl groups excluding tert-OH is 1. The van der Waals surface area contributed by atoms with E-state index in [-0.39, 0.29) is 5.82 Å². The summed E-state index contributed by atoms with van der Waals surface area (Å²) in [5.41, 5.74) is 1.36. The zero-order chi connectivity index (χ0) is 13.7. The van der Waals surface area contributed by atoms with Gasteiger partial charge in [0.2, 0.25) is 0 Å². The summed E-state index contributed by atoms with van der Waals surface area (Å²) in [6, 6.07) is 8.20. The summed E-state index contributed by atoms with van der Waals surface area (Å²) in [6.07, 6.45) is 0.896. The lowest BCUT2D eigenvalue weighted by atomic mass is 10.1. The Balaban J connectivity index is 1.88. The van der Waals surface area contributed by atoms with Crippen molar-refractivity contribution in [3.05, 3.63) is 53.6 Å². The van der Waals surface area contributed by atoms with Crippen LogP contribution in [-0.4, -0.2) is 21.4 Å². The van der Waals surface area contributed by atoms with Gasteiger partial charge in [-0.2, -0.15) is 5.10 Å². The molecule has 1 aromatic heterocycles. The molecule has 0 aliphatic carbocycles. The molecular weight excluding hydrogens is 245 g/mol. The molecule has 5 heteroatoms. The average Bonchev–Trinajstić information content (AvgIpc) is 2.86. The third-order valence-corrected chi connectivity index (χ3v) is 3.01. The largest absolute Gasteiger partial charge is 0.387 e. The molecular formula is C14H18FN3O. The van der Waals surface area contributed by atoms with Gasteiger partial charge in [0.05, 0.1) is 11.8 Å². The van der Waals surface area contributed by atoms with E-state index in [0.29, 0.717) is 18.7 Å². The average molecular weight is 263 g/mol. The third-order valence-electron chi connectivity index (χ3n) is 3.01. The van der Waals surface area contributed by atoms with Gasteiger partial charge in [0.1, 0.15) is 5.82 Å². The maximum Gasteiger partial charge on any atom is 0.129 e. The molecule has 0 fully saturated rings. The Labute approximate surface area is 111 Å². The van der Waals surface area contributed by atoms with Crippen molar-refractivity contribution in [2.75, 3.05) is 6.54 Å².